The van der Waals surface area contributed by atoms with Crippen molar-refractivity contribution in [3.63, 3.8) is 0 Å². The molecule has 8 aromatic rings. The molecule has 0 saturated carbocycles. The van der Waals surface area contributed by atoms with Gasteiger partial charge in [-0.2, -0.15) is 11.3 Å². The van der Waals surface area contributed by atoms with E-state index in [-0.39, 0.29) is 37.8 Å². The Morgan fingerprint density at radius 1 is 0.788 bits per heavy atom. The molecule has 0 saturated heterocycles. The maximum absolute atomic E-state index is 7.88. The molecule has 0 unspecified atom stereocenters. The van der Waals surface area contributed by atoms with E-state index in [0.29, 0.717) is 23.1 Å². The van der Waals surface area contributed by atoms with Gasteiger partial charge >= 0.3 is 113 Å². The normalized spacial score (nSPS) is 13.3. The second kappa shape index (κ2) is 15.6. The van der Waals surface area contributed by atoms with Gasteiger partial charge in [0.2, 0.25) is 0 Å². The van der Waals surface area contributed by atoms with Crippen LogP contribution in [0.1, 0.15) is 63.1 Å². The smallest absolute Gasteiger partial charge is 0 e. The minimum Gasteiger partial charge on any atom is 0 e. The Bertz CT molecular complexity index is 2660. The average molecular weight is 942 g/mol. The van der Waals surface area contributed by atoms with Crippen molar-refractivity contribution < 1.29 is 27.0 Å². The maximum Gasteiger partial charge on any atom is 0 e. The summed E-state index contributed by atoms with van der Waals surface area (Å²) >= 11 is -0.106. The van der Waals surface area contributed by atoms with Crippen molar-refractivity contribution in [2.75, 3.05) is 0 Å². The summed E-state index contributed by atoms with van der Waals surface area (Å²) < 4.78 is 44.1. The molecule has 0 atom stereocenters. The monoisotopic (exact) mass is 943 g/mol. The molecule has 3 heterocycles. The van der Waals surface area contributed by atoms with Gasteiger partial charge in [-0.15, -0.1) is 23.8 Å². The predicted molar refractivity (Wildman–Crippen MR) is 223 cm³/mol. The topological polar surface area (TPSA) is 30.7 Å². The standard InChI is InChI=1S/C31H27N2S.C15H18GeN.Ir/c1-19(2)22-11-9-12-23(20(3)4)30(22)33-27-14-7-6-13-26(27)32-31(33)21-16-17-29-25(18-21)24-10-5-8-15-28(24)34-29;1-12-5-7-13(8-6-12)15-10-9-14(11-17-15)16(2,3)4;/h5-15,17-20H,1-4H3;5-7,9-11H,1-4H3;/q2*-1;/i;1D3,5D,6D;. The number of hydrogen-bond donors (Lipinski definition) is 0. The molecular weight excluding hydrogens is 891 g/mol. The Kier molecular flexibility index (Phi) is 9.50. The summed E-state index contributed by atoms with van der Waals surface area (Å²) in [6, 6.07) is 39.4. The van der Waals surface area contributed by atoms with E-state index in [1.54, 1.807) is 0 Å². The van der Waals surface area contributed by atoms with Crippen molar-refractivity contribution in [2.24, 2.45) is 0 Å². The van der Waals surface area contributed by atoms with Crippen LogP contribution >= 0.6 is 11.3 Å². The quantitative estimate of drug-likeness (QED) is 0.123. The van der Waals surface area contributed by atoms with E-state index in [1.807, 2.05) is 29.7 Å². The van der Waals surface area contributed by atoms with Crippen molar-refractivity contribution >= 4 is 60.2 Å². The van der Waals surface area contributed by atoms with Crippen LogP contribution in [0.15, 0.2) is 115 Å². The van der Waals surface area contributed by atoms with E-state index in [0.717, 1.165) is 22.4 Å². The molecule has 8 rings (SSSR count). The van der Waals surface area contributed by atoms with Crippen molar-refractivity contribution in [2.45, 2.75) is 63.7 Å². The molecule has 0 N–H and O–H groups in total. The van der Waals surface area contributed by atoms with E-state index in [2.05, 4.69) is 146 Å². The zero-order valence-electron chi connectivity index (χ0n) is 35.6. The number of nitrogens with zero attached hydrogens (tertiary/aromatic N) is 3. The molecule has 0 aliphatic heterocycles. The number of imidazole rings is 1. The minimum absolute atomic E-state index is 0. The van der Waals surface area contributed by atoms with E-state index in [4.69, 9.17) is 11.8 Å². The SMILES string of the molecule is CC(C)c1cccc(C(C)C)c1-n1c(-c2[c-]cc3sc4ccccc4c3c2)nc2ccccc21.[2H]c1[c-]c(-c2cc[c]([Ge]([CH3])([CH3])[CH3])cn2)cc([2H])c1C([2H])([2H])[2H].[Ir]. The minimum atomic E-state index is -2.47. The zero-order chi connectivity index (χ0) is 40.1. The number of para-hydroxylation sites is 3. The zero-order valence-corrected chi connectivity index (χ0v) is 35.9. The number of aromatic nitrogens is 3. The number of benzene rings is 5. The van der Waals surface area contributed by atoms with Gasteiger partial charge in [-0.25, -0.2) is 0 Å². The summed E-state index contributed by atoms with van der Waals surface area (Å²) in [4.78, 5) is 9.56. The van der Waals surface area contributed by atoms with Crippen molar-refractivity contribution in [3.05, 3.63) is 144 Å². The largest absolute Gasteiger partial charge is 0 e. The average Bonchev–Trinajstić information content (AvgIpc) is 3.72. The van der Waals surface area contributed by atoms with Gasteiger partial charge in [0, 0.05) is 30.5 Å². The molecule has 3 nitrogen and oxygen atoms in total. The van der Waals surface area contributed by atoms with Gasteiger partial charge in [0.05, 0.1) is 16.9 Å². The number of fused-ring (bicyclic) bond motifs is 4. The van der Waals surface area contributed by atoms with Crippen LogP contribution in [0.3, 0.4) is 0 Å². The van der Waals surface area contributed by atoms with Crippen molar-refractivity contribution in [1.82, 2.24) is 14.5 Å². The molecule has 265 valence electrons. The molecule has 1 radical (unpaired) electrons. The molecule has 0 fully saturated rings. The van der Waals surface area contributed by atoms with Gasteiger partial charge in [-0.1, -0.05) is 81.6 Å². The van der Waals surface area contributed by atoms with Gasteiger partial charge < -0.3 is 4.57 Å². The Hall–Kier alpha value is -3.87. The summed E-state index contributed by atoms with van der Waals surface area (Å²) in [5.41, 5.74) is 7.95. The summed E-state index contributed by atoms with van der Waals surface area (Å²) in [6.07, 6.45) is 1.84. The van der Waals surface area contributed by atoms with Gasteiger partial charge in [-0.3, -0.25) is 4.98 Å². The molecule has 52 heavy (non-hydrogen) atoms. The van der Waals surface area contributed by atoms with Crippen LogP contribution in [0.4, 0.5) is 0 Å². The summed E-state index contributed by atoms with van der Waals surface area (Å²) in [7, 11) is 0. The molecule has 6 heteroatoms. The van der Waals surface area contributed by atoms with E-state index in [9.17, 15) is 0 Å². The van der Waals surface area contributed by atoms with Gasteiger partial charge in [0.25, 0.3) is 0 Å². The first-order chi connectivity index (χ1) is 26.5. The first-order valence-corrected chi connectivity index (χ1v) is 25.6. The fourth-order valence-electron chi connectivity index (χ4n) is 6.48. The first kappa shape index (κ1) is 31.6. The van der Waals surface area contributed by atoms with E-state index in [1.165, 1.54) is 47.4 Å². The van der Waals surface area contributed by atoms with Crippen LogP contribution in [0, 0.1) is 19.0 Å². The third-order valence-electron chi connectivity index (χ3n) is 9.27. The fraction of sp³-hybridized carbons (Fsp3) is 0.217. The number of thiophene rings is 1. The first-order valence-electron chi connectivity index (χ1n) is 20.0. The molecular formula is C46H45GeIrN3S-2. The Labute approximate surface area is 335 Å². The second-order valence-corrected chi connectivity index (χ2v) is 26.3. The van der Waals surface area contributed by atoms with Gasteiger partial charge in [0.15, 0.2) is 0 Å². The van der Waals surface area contributed by atoms with E-state index < -0.39 is 20.1 Å². The molecule has 0 bridgehead atoms. The maximum atomic E-state index is 7.88. The predicted octanol–water partition coefficient (Wildman–Crippen LogP) is 12.5. The molecule has 0 amide bonds. The Morgan fingerprint density at radius 2 is 1.52 bits per heavy atom. The third kappa shape index (κ3) is 7.61. The Morgan fingerprint density at radius 3 is 2.19 bits per heavy atom. The number of pyridine rings is 1. The molecule has 5 aromatic carbocycles. The van der Waals surface area contributed by atoms with Crippen LogP contribution in [0.5, 0.6) is 0 Å². The molecule has 0 aliphatic carbocycles. The van der Waals surface area contributed by atoms with Crippen LogP contribution in [-0.4, -0.2) is 27.8 Å². The van der Waals surface area contributed by atoms with Crippen LogP contribution in [-0.2, 0) is 20.1 Å². The van der Waals surface area contributed by atoms with Gasteiger partial charge in [0.1, 0.15) is 0 Å². The molecule has 0 aliphatic rings. The third-order valence-corrected chi connectivity index (χ3v) is 14.7. The van der Waals surface area contributed by atoms with Crippen molar-refractivity contribution in [3.8, 4) is 28.3 Å². The summed E-state index contributed by atoms with van der Waals surface area (Å²) in [5, 5.41) is 2.57. The van der Waals surface area contributed by atoms with Crippen molar-refractivity contribution in [1.29, 1.82) is 0 Å². The second-order valence-electron chi connectivity index (χ2n) is 14.6. The number of hydrogen-bond acceptors (Lipinski definition) is 3. The summed E-state index contributed by atoms with van der Waals surface area (Å²) in [5.74, 6) is 8.58. The van der Waals surface area contributed by atoms with Crippen LogP contribution in [0.25, 0.3) is 59.5 Å². The molecule has 0 spiro atoms. The summed E-state index contributed by atoms with van der Waals surface area (Å²) in [6.45, 7) is 6.63. The molecule has 3 aromatic heterocycles. The van der Waals surface area contributed by atoms with Gasteiger partial charge in [-0.05, 0) is 51.2 Å². The van der Waals surface area contributed by atoms with Crippen LogP contribution in [0.2, 0.25) is 17.3 Å². The Balaban J connectivity index is 0.000000208. The van der Waals surface area contributed by atoms with E-state index >= 15 is 0 Å². The fourth-order valence-corrected chi connectivity index (χ4v) is 9.72. The number of rotatable bonds is 6. The van der Waals surface area contributed by atoms with Crippen LogP contribution < -0.4 is 4.40 Å².